The third kappa shape index (κ3) is 4.27. The summed E-state index contributed by atoms with van der Waals surface area (Å²) in [5.41, 5.74) is 0. The van der Waals surface area contributed by atoms with Crippen LogP contribution in [0.25, 0.3) is 0 Å². The Bertz CT molecular complexity index is 441. The second-order valence-electron chi connectivity index (χ2n) is 7.23. The van der Waals surface area contributed by atoms with E-state index in [1.165, 1.54) is 19.3 Å². The highest BCUT2D eigenvalue weighted by Gasteiger charge is 2.34. The smallest absolute Gasteiger partial charge is 0.317 e. The predicted molar refractivity (Wildman–Crippen MR) is 89.9 cm³/mol. The summed E-state index contributed by atoms with van der Waals surface area (Å²) >= 11 is 0. The van der Waals surface area contributed by atoms with Crippen molar-refractivity contribution in [1.82, 2.24) is 15.5 Å². The van der Waals surface area contributed by atoms with Crippen LogP contribution in [0.5, 0.6) is 0 Å². The van der Waals surface area contributed by atoms with E-state index >= 15 is 0 Å². The molecule has 0 radical (unpaired) electrons. The van der Waals surface area contributed by atoms with E-state index in [0.29, 0.717) is 24.9 Å². The molecule has 1 saturated carbocycles. The number of hydrogen-bond donors (Lipinski definition) is 2. The van der Waals surface area contributed by atoms with Gasteiger partial charge in [-0.15, -0.1) is 0 Å². The van der Waals surface area contributed by atoms with E-state index in [4.69, 9.17) is 0 Å². The number of urea groups is 1. The van der Waals surface area contributed by atoms with E-state index < -0.39 is 0 Å². The predicted octanol–water partition coefficient (Wildman–Crippen LogP) is 2.29. The van der Waals surface area contributed by atoms with Crippen molar-refractivity contribution in [2.24, 2.45) is 17.8 Å². The molecule has 0 aromatic rings. The third-order valence-electron chi connectivity index (χ3n) is 5.58. The lowest BCUT2D eigenvalue weighted by atomic mass is 9.86. The van der Waals surface area contributed by atoms with Crippen molar-refractivity contribution in [2.45, 2.75) is 44.9 Å². The Morgan fingerprint density at radius 2 is 1.52 bits per heavy atom. The largest absolute Gasteiger partial charge is 0.354 e. The van der Waals surface area contributed by atoms with Gasteiger partial charge in [-0.1, -0.05) is 31.4 Å². The molecule has 128 valence electrons. The van der Waals surface area contributed by atoms with Crippen LogP contribution in [-0.2, 0) is 4.79 Å². The van der Waals surface area contributed by atoms with Crippen LogP contribution in [0.4, 0.5) is 4.79 Å². The van der Waals surface area contributed by atoms with Gasteiger partial charge >= 0.3 is 6.03 Å². The van der Waals surface area contributed by atoms with Gasteiger partial charge in [0.2, 0.25) is 5.91 Å². The fraction of sp³-hybridized carbons (Fsp3) is 0.778. The zero-order chi connectivity index (χ0) is 16.1. The Morgan fingerprint density at radius 3 is 2.17 bits per heavy atom. The number of amides is 3. The van der Waals surface area contributed by atoms with E-state index in [2.05, 4.69) is 22.8 Å². The lowest BCUT2D eigenvalue weighted by molar-refractivity contribution is -0.125. The summed E-state index contributed by atoms with van der Waals surface area (Å²) < 4.78 is 0. The van der Waals surface area contributed by atoms with Crippen molar-refractivity contribution in [3.8, 4) is 0 Å². The Kier molecular flexibility index (Phi) is 5.57. The van der Waals surface area contributed by atoms with Gasteiger partial charge in [-0.2, -0.15) is 0 Å². The lowest BCUT2D eigenvalue weighted by Crippen LogP contribution is -2.43. The van der Waals surface area contributed by atoms with Crippen molar-refractivity contribution in [1.29, 1.82) is 0 Å². The SMILES string of the molecule is O=C(NCCNC(=O)N1CC2CC=CCC2C1)C1CCCCC1. The minimum absolute atomic E-state index is 0.0197. The molecule has 2 unspecified atom stereocenters. The van der Waals surface area contributed by atoms with Gasteiger partial charge in [0, 0.05) is 32.1 Å². The molecule has 2 aliphatic carbocycles. The molecule has 23 heavy (non-hydrogen) atoms. The zero-order valence-electron chi connectivity index (χ0n) is 13.9. The molecular weight excluding hydrogens is 290 g/mol. The topological polar surface area (TPSA) is 61.4 Å². The molecule has 3 aliphatic rings. The van der Waals surface area contributed by atoms with E-state index in [1.807, 2.05) is 4.90 Å². The highest BCUT2D eigenvalue weighted by molar-refractivity contribution is 5.79. The summed E-state index contributed by atoms with van der Waals surface area (Å²) in [6.07, 6.45) is 12.3. The van der Waals surface area contributed by atoms with Crippen molar-refractivity contribution in [2.75, 3.05) is 26.2 Å². The number of fused-ring (bicyclic) bond motifs is 1. The average molecular weight is 319 g/mol. The highest BCUT2D eigenvalue weighted by atomic mass is 16.2. The molecule has 0 bridgehead atoms. The summed E-state index contributed by atoms with van der Waals surface area (Å²) in [5, 5.41) is 5.91. The third-order valence-corrected chi connectivity index (χ3v) is 5.58. The number of hydrogen-bond acceptors (Lipinski definition) is 2. The molecule has 2 atom stereocenters. The molecule has 5 nitrogen and oxygen atoms in total. The first-order chi connectivity index (χ1) is 11.2. The minimum Gasteiger partial charge on any atom is -0.354 e. The number of likely N-dealkylation sites (tertiary alicyclic amines) is 1. The van der Waals surface area contributed by atoms with Crippen molar-refractivity contribution in [3.05, 3.63) is 12.2 Å². The maximum absolute atomic E-state index is 12.2. The maximum Gasteiger partial charge on any atom is 0.317 e. The molecule has 1 heterocycles. The van der Waals surface area contributed by atoms with Crippen molar-refractivity contribution < 1.29 is 9.59 Å². The zero-order valence-corrected chi connectivity index (χ0v) is 13.9. The van der Waals surface area contributed by atoms with E-state index in [1.54, 1.807) is 0 Å². The maximum atomic E-state index is 12.2. The standard InChI is InChI=1S/C18H29N3O2/c22-17(14-6-2-1-3-7-14)19-10-11-20-18(23)21-12-15-8-4-5-9-16(15)13-21/h4-5,14-16H,1-3,6-13H2,(H,19,22)(H,20,23). The molecule has 0 spiro atoms. The molecule has 2 fully saturated rings. The first kappa shape index (κ1) is 16.3. The highest BCUT2D eigenvalue weighted by Crippen LogP contribution is 2.32. The Hall–Kier alpha value is -1.52. The van der Waals surface area contributed by atoms with Crippen LogP contribution >= 0.6 is 0 Å². The summed E-state index contributed by atoms with van der Waals surface area (Å²) in [6, 6.07) is 0.0197. The fourth-order valence-electron chi connectivity index (χ4n) is 4.16. The summed E-state index contributed by atoms with van der Waals surface area (Å²) in [5.74, 6) is 1.62. The van der Waals surface area contributed by atoms with Crippen molar-refractivity contribution in [3.63, 3.8) is 0 Å². The van der Waals surface area contributed by atoms with E-state index in [-0.39, 0.29) is 17.9 Å². The van der Waals surface area contributed by atoms with Crippen LogP contribution in [0, 0.1) is 17.8 Å². The average Bonchev–Trinajstić information content (AvgIpc) is 3.03. The van der Waals surface area contributed by atoms with E-state index in [0.717, 1.165) is 38.8 Å². The van der Waals surface area contributed by atoms with Gasteiger partial charge in [-0.3, -0.25) is 4.79 Å². The van der Waals surface area contributed by atoms with Crippen LogP contribution in [0.3, 0.4) is 0 Å². The second-order valence-corrected chi connectivity index (χ2v) is 7.23. The van der Waals surface area contributed by atoms with Gasteiger partial charge in [-0.25, -0.2) is 4.79 Å². The van der Waals surface area contributed by atoms with Gasteiger partial charge in [-0.05, 0) is 37.5 Å². The summed E-state index contributed by atoms with van der Waals surface area (Å²) in [4.78, 5) is 26.2. The van der Waals surface area contributed by atoms with Gasteiger partial charge in [0.1, 0.15) is 0 Å². The van der Waals surface area contributed by atoms with Crippen LogP contribution in [0.1, 0.15) is 44.9 Å². The minimum atomic E-state index is 0.0197. The normalized spacial score (nSPS) is 27.6. The van der Waals surface area contributed by atoms with Crippen molar-refractivity contribution >= 4 is 11.9 Å². The van der Waals surface area contributed by atoms with E-state index in [9.17, 15) is 9.59 Å². The van der Waals surface area contributed by atoms with Crippen LogP contribution in [0.2, 0.25) is 0 Å². The Morgan fingerprint density at radius 1 is 0.913 bits per heavy atom. The number of nitrogens with zero attached hydrogens (tertiary/aromatic N) is 1. The molecule has 0 aromatic carbocycles. The van der Waals surface area contributed by atoms with Crippen LogP contribution < -0.4 is 10.6 Å². The monoisotopic (exact) mass is 319 g/mol. The molecule has 3 rings (SSSR count). The molecule has 0 aromatic heterocycles. The molecular formula is C18H29N3O2. The molecule has 1 aliphatic heterocycles. The molecule has 5 heteroatoms. The number of rotatable bonds is 4. The molecule has 2 N–H and O–H groups in total. The first-order valence-electron chi connectivity index (χ1n) is 9.19. The van der Waals surface area contributed by atoms with Gasteiger partial charge in [0.05, 0.1) is 0 Å². The molecule has 1 saturated heterocycles. The van der Waals surface area contributed by atoms with Crippen LogP contribution in [-0.4, -0.2) is 43.0 Å². The number of carbonyl (C=O) groups is 2. The van der Waals surface area contributed by atoms with Gasteiger partial charge in [0.25, 0.3) is 0 Å². The Labute approximate surface area is 138 Å². The second kappa shape index (κ2) is 7.84. The lowest BCUT2D eigenvalue weighted by Gasteiger charge is -2.21. The summed E-state index contributed by atoms with van der Waals surface area (Å²) in [6.45, 7) is 2.79. The number of allylic oxidation sites excluding steroid dienone is 2. The van der Waals surface area contributed by atoms with Crippen LogP contribution in [0.15, 0.2) is 12.2 Å². The van der Waals surface area contributed by atoms with Gasteiger partial charge < -0.3 is 15.5 Å². The molecule has 3 amide bonds. The summed E-state index contributed by atoms with van der Waals surface area (Å²) in [7, 11) is 0. The number of carbonyl (C=O) groups excluding carboxylic acids is 2. The first-order valence-corrected chi connectivity index (χ1v) is 9.19. The number of nitrogens with one attached hydrogen (secondary N) is 2. The fourth-order valence-corrected chi connectivity index (χ4v) is 4.16. The van der Waals surface area contributed by atoms with Gasteiger partial charge in [0.15, 0.2) is 0 Å². The quantitative estimate of drug-likeness (QED) is 0.617. The Balaban J connectivity index is 1.31.